The summed E-state index contributed by atoms with van der Waals surface area (Å²) in [5.74, 6) is 4.28. The molecule has 1 amide bonds. The van der Waals surface area contributed by atoms with Crippen LogP contribution in [0.4, 0.5) is 13.2 Å². The molecule has 3 rings (SSSR count). The first kappa shape index (κ1) is 18.2. The van der Waals surface area contributed by atoms with Gasteiger partial charge in [0, 0.05) is 18.0 Å². The molecule has 5 nitrogen and oxygen atoms in total. The highest BCUT2D eigenvalue weighted by Crippen LogP contribution is 2.54. The number of hydrogen-bond donors (Lipinski definition) is 2. The predicted molar refractivity (Wildman–Crippen MR) is 87.9 cm³/mol. The molecule has 138 valence electrons. The molecule has 1 aliphatic rings. The van der Waals surface area contributed by atoms with E-state index in [1.54, 1.807) is 24.3 Å². The van der Waals surface area contributed by atoms with Crippen molar-refractivity contribution in [2.75, 3.05) is 0 Å². The van der Waals surface area contributed by atoms with E-state index in [1.807, 2.05) is 11.5 Å². The Morgan fingerprint density at radius 3 is 2.50 bits per heavy atom. The second-order valence-electron chi connectivity index (χ2n) is 6.33. The van der Waals surface area contributed by atoms with Gasteiger partial charge >= 0.3 is 6.18 Å². The maximum absolute atomic E-state index is 13.8. The zero-order chi connectivity index (χ0) is 18.8. The maximum atomic E-state index is 13.8. The number of benzene rings is 1. The zero-order valence-corrected chi connectivity index (χ0v) is 13.8. The molecule has 2 aromatic rings. The first-order chi connectivity index (χ1) is 12.4. The maximum Gasteiger partial charge on any atom is 0.421 e. The highest BCUT2D eigenvalue weighted by molar-refractivity contribution is 5.77. The summed E-state index contributed by atoms with van der Waals surface area (Å²) in [6, 6.07) is 10.1. The number of ether oxygens (including phenoxy) is 1. The molecule has 0 unspecified atom stereocenters. The number of aromatic nitrogens is 1. The van der Waals surface area contributed by atoms with Crippen molar-refractivity contribution in [3.63, 3.8) is 0 Å². The van der Waals surface area contributed by atoms with Crippen LogP contribution in [0.1, 0.15) is 36.1 Å². The smallest absolute Gasteiger partial charge is 0.421 e. The summed E-state index contributed by atoms with van der Waals surface area (Å²) in [5.41, 5.74) is 0.708. The number of nitrogens with zero attached hydrogens (tertiary/aromatic N) is 1. The topological polar surface area (TPSA) is 77.2 Å². The quantitative estimate of drug-likeness (QED) is 0.469. The second-order valence-corrected chi connectivity index (χ2v) is 6.33. The van der Waals surface area contributed by atoms with Gasteiger partial charge in [0.15, 0.2) is 0 Å². The lowest BCUT2D eigenvalue weighted by Gasteiger charge is -2.22. The number of amides is 1. The monoisotopic (exact) mass is 365 g/mol. The molecular weight excluding hydrogens is 347 g/mol. The fraction of sp³-hybridized carbons (Fsp3) is 0.333. The number of hydrogen-bond acceptors (Lipinski definition) is 4. The Morgan fingerprint density at radius 1 is 1.23 bits per heavy atom. The van der Waals surface area contributed by atoms with Crippen molar-refractivity contribution in [2.24, 2.45) is 5.84 Å². The van der Waals surface area contributed by atoms with Crippen LogP contribution < -0.4 is 16.0 Å². The molecule has 0 aliphatic heterocycles. The third-order valence-corrected chi connectivity index (χ3v) is 4.45. The fourth-order valence-corrected chi connectivity index (χ4v) is 2.98. The van der Waals surface area contributed by atoms with Crippen LogP contribution in [0.5, 0.6) is 5.75 Å². The number of rotatable bonds is 6. The minimum Gasteiger partial charge on any atom is -0.488 e. The Kier molecular flexibility index (Phi) is 4.86. The molecule has 1 aliphatic carbocycles. The molecule has 1 aromatic heterocycles. The number of hydrazine groups is 1. The molecule has 1 aromatic carbocycles. The Hall–Kier alpha value is -2.61. The molecule has 0 bridgehead atoms. The summed E-state index contributed by atoms with van der Waals surface area (Å²) in [4.78, 5) is 15.6. The molecule has 0 saturated heterocycles. The SMILES string of the molecule is NNC(=O)CC1(c2nccc(OCc3ccccc3)c2C(F)(F)F)CC1. The first-order valence-electron chi connectivity index (χ1n) is 8.08. The molecular formula is C18H18F3N3O2. The number of nitrogens with one attached hydrogen (secondary N) is 1. The van der Waals surface area contributed by atoms with Crippen LogP contribution in [0.25, 0.3) is 0 Å². The summed E-state index contributed by atoms with van der Waals surface area (Å²) in [5, 5.41) is 0. The normalized spacial score (nSPS) is 15.4. The number of carbonyl (C=O) groups excluding carboxylic acids is 1. The van der Waals surface area contributed by atoms with E-state index in [-0.39, 0.29) is 24.5 Å². The van der Waals surface area contributed by atoms with Crippen LogP contribution in [0, 0.1) is 0 Å². The molecule has 1 heterocycles. The van der Waals surface area contributed by atoms with Crippen LogP contribution in [0.3, 0.4) is 0 Å². The standard InChI is InChI=1S/C18H18F3N3O2/c19-18(20,21)15-13(26-11-12-4-2-1-3-5-12)6-9-23-16(15)17(7-8-17)10-14(25)24-22/h1-6,9H,7-8,10-11,22H2,(H,24,25). The molecule has 0 radical (unpaired) electrons. The van der Waals surface area contributed by atoms with Crippen LogP contribution in [-0.2, 0) is 23.0 Å². The largest absolute Gasteiger partial charge is 0.488 e. The van der Waals surface area contributed by atoms with Crippen LogP contribution in [0.2, 0.25) is 0 Å². The van der Waals surface area contributed by atoms with E-state index in [4.69, 9.17) is 10.6 Å². The summed E-state index contributed by atoms with van der Waals surface area (Å²) in [6.45, 7) is 0.00363. The first-order valence-corrected chi connectivity index (χ1v) is 8.08. The average molecular weight is 365 g/mol. The van der Waals surface area contributed by atoms with Gasteiger partial charge < -0.3 is 4.74 Å². The Balaban J connectivity index is 1.94. The molecule has 1 saturated carbocycles. The third kappa shape index (κ3) is 3.80. The highest BCUT2D eigenvalue weighted by atomic mass is 19.4. The number of carbonyl (C=O) groups is 1. The zero-order valence-electron chi connectivity index (χ0n) is 13.8. The lowest BCUT2D eigenvalue weighted by molar-refractivity contribution is -0.140. The minimum atomic E-state index is -4.65. The van der Waals surface area contributed by atoms with Gasteiger partial charge in [-0.2, -0.15) is 13.2 Å². The Labute approximate surface area is 148 Å². The van der Waals surface area contributed by atoms with Crippen LogP contribution >= 0.6 is 0 Å². The molecule has 1 fully saturated rings. The van der Waals surface area contributed by atoms with E-state index in [9.17, 15) is 18.0 Å². The highest BCUT2D eigenvalue weighted by Gasteiger charge is 2.53. The van der Waals surface area contributed by atoms with Crippen molar-refractivity contribution in [3.8, 4) is 5.75 Å². The van der Waals surface area contributed by atoms with Gasteiger partial charge in [-0.05, 0) is 24.5 Å². The van der Waals surface area contributed by atoms with Gasteiger partial charge in [0.2, 0.25) is 5.91 Å². The number of alkyl halides is 3. The summed E-state index contributed by atoms with van der Waals surface area (Å²) >= 11 is 0. The minimum absolute atomic E-state index is 0.00363. The van der Waals surface area contributed by atoms with Crippen molar-refractivity contribution < 1.29 is 22.7 Å². The lowest BCUT2D eigenvalue weighted by atomic mass is 9.92. The van der Waals surface area contributed by atoms with Crippen molar-refractivity contribution >= 4 is 5.91 Å². The van der Waals surface area contributed by atoms with E-state index in [2.05, 4.69) is 4.98 Å². The van der Waals surface area contributed by atoms with E-state index < -0.39 is 23.1 Å². The molecule has 0 atom stereocenters. The lowest BCUT2D eigenvalue weighted by Crippen LogP contribution is -2.33. The number of pyridine rings is 1. The molecule has 26 heavy (non-hydrogen) atoms. The average Bonchev–Trinajstić information content (AvgIpc) is 3.40. The molecule has 8 heteroatoms. The summed E-state index contributed by atoms with van der Waals surface area (Å²) < 4.78 is 46.8. The van der Waals surface area contributed by atoms with Gasteiger partial charge in [0.1, 0.15) is 17.9 Å². The van der Waals surface area contributed by atoms with E-state index in [0.29, 0.717) is 12.8 Å². The Morgan fingerprint density at radius 2 is 1.92 bits per heavy atom. The van der Waals surface area contributed by atoms with E-state index >= 15 is 0 Å². The number of halogens is 3. The van der Waals surface area contributed by atoms with Gasteiger partial charge in [-0.25, -0.2) is 5.84 Å². The summed E-state index contributed by atoms with van der Waals surface area (Å²) in [6.07, 6.45) is -2.62. The van der Waals surface area contributed by atoms with Crippen molar-refractivity contribution in [1.82, 2.24) is 10.4 Å². The number of nitrogens with two attached hydrogens (primary N) is 1. The Bertz CT molecular complexity index is 790. The fourth-order valence-electron chi connectivity index (χ4n) is 2.98. The molecule has 0 spiro atoms. The van der Waals surface area contributed by atoms with E-state index in [0.717, 1.165) is 5.56 Å². The van der Waals surface area contributed by atoms with Gasteiger partial charge in [0.05, 0.1) is 5.69 Å². The van der Waals surface area contributed by atoms with Crippen molar-refractivity contribution in [2.45, 2.75) is 37.5 Å². The van der Waals surface area contributed by atoms with Crippen molar-refractivity contribution in [3.05, 3.63) is 59.4 Å². The van der Waals surface area contributed by atoms with Gasteiger partial charge in [0.25, 0.3) is 0 Å². The summed E-state index contributed by atoms with van der Waals surface area (Å²) in [7, 11) is 0. The second kappa shape index (κ2) is 6.95. The third-order valence-electron chi connectivity index (χ3n) is 4.45. The van der Waals surface area contributed by atoms with Gasteiger partial charge in [-0.3, -0.25) is 15.2 Å². The predicted octanol–water partition coefficient (Wildman–Crippen LogP) is 3.09. The van der Waals surface area contributed by atoms with E-state index in [1.165, 1.54) is 12.3 Å². The van der Waals surface area contributed by atoms with Gasteiger partial charge in [-0.15, -0.1) is 0 Å². The van der Waals surface area contributed by atoms with Gasteiger partial charge in [-0.1, -0.05) is 30.3 Å². The van der Waals surface area contributed by atoms with Crippen LogP contribution in [-0.4, -0.2) is 10.9 Å². The van der Waals surface area contributed by atoms with Crippen molar-refractivity contribution in [1.29, 1.82) is 0 Å². The molecule has 3 N–H and O–H groups in total. The van der Waals surface area contributed by atoms with Crippen LogP contribution in [0.15, 0.2) is 42.6 Å².